The minimum atomic E-state index is 0.00422. The zero-order valence-electron chi connectivity index (χ0n) is 8.78. The molecule has 1 heterocycles. The molecule has 0 aromatic heterocycles. The van der Waals surface area contributed by atoms with Crippen molar-refractivity contribution in [3.8, 4) is 0 Å². The second-order valence-corrected chi connectivity index (χ2v) is 3.98. The molecule has 1 saturated heterocycles. The van der Waals surface area contributed by atoms with Crippen LogP contribution in [-0.4, -0.2) is 22.1 Å². The van der Waals surface area contributed by atoms with Gasteiger partial charge in [0.15, 0.2) is 0 Å². The Kier molecular flexibility index (Phi) is 4.48. The van der Waals surface area contributed by atoms with E-state index < -0.39 is 0 Å². The van der Waals surface area contributed by atoms with Crippen LogP contribution >= 0.6 is 12.2 Å². The van der Waals surface area contributed by atoms with E-state index in [-0.39, 0.29) is 12.0 Å². The van der Waals surface area contributed by atoms with Crippen molar-refractivity contribution >= 4 is 23.1 Å². The van der Waals surface area contributed by atoms with Crippen molar-refractivity contribution in [1.29, 1.82) is 0 Å². The van der Waals surface area contributed by atoms with Crippen LogP contribution in [0.25, 0.3) is 0 Å². The van der Waals surface area contributed by atoms with Gasteiger partial charge in [-0.05, 0) is 12.8 Å². The predicted molar refractivity (Wildman–Crippen MR) is 58.8 cm³/mol. The van der Waals surface area contributed by atoms with E-state index in [1.807, 2.05) is 0 Å². The van der Waals surface area contributed by atoms with E-state index in [4.69, 9.17) is 17.1 Å². The van der Waals surface area contributed by atoms with Gasteiger partial charge in [-0.1, -0.05) is 32.5 Å². The summed E-state index contributed by atoms with van der Waals surface area (Å²) in [4.78, 5) is 17.6. The van der Waals surface area contributed by atoms with Crippen molar-refractivity contribution < 1.29 is 9.63 Å². The molecule has 1 unspecified atom stereocenters. The van der Waals surface area contributed by atoms with Crippen LogP contribution in [0.3, 0.4) is 0 Å². The number of hydrogen-bond acceptors (Lipinski definition) is 3. The van der Waals surface area contributed by atoms with Crippen molar-refractivity contribution in [2.24, 2.45) is 0 Å². The number of hydrogen-bond donors (Lipinski definition) is 0. The predicted octanol–water partition coefficient (Wildman–Crippen LogP) is 2.45. The minimum absolute atomic E-state index is 0.00422. The summed E-state index contributed by atoms with van der Waals surface area (Å²) in [6.07, 6.45) is 4.24. The molecule has 14 heavy (non-hydrogen) atoms. The number of carbonyl (C=O) groups is 1. The fraction of sp³-hybridized carbons (Fsp3) is 0.800. The van der Waals surface area contributed by atoms with Crippen molar-refractivity contribution in [2.75, 3.05) is 0 Å². The van der Waals surface area contributed by atoms with Gasteiger partial charge in [0.05, 0.1) is 6.10 Å². The number of amides is 1. The van der Waals surface area contributed by atoms with Crippen LogP contribution in [0, 0.1) is 0 Å². The van der Waals surface area contributed by atoms with Gasteiger partial charge >= 0.3 is 0 Å². The first kappa shape index (κ1) is 11.6. The molecule has 1 aliphatic rings. The summed E-state index contributed by atoms with van der Waals surface area (Å²) in [5, 5.41) is 1.32. The Hall–Kier alpha value is -0.480. The number of nitrogens with zero attached hydrogens (tertiary/aromatic N) is 1. The van der Waals surface area contributed by atoms with Crippen LogP contribution in [-0.2, 0) is 9.63 Å². The zero-order chi connectivity index (χ0) is 10.6. The molecule has 0 aromatic rings. The summed E-state index contributed by atoms with van der Waals surface area (Å²) in [5.41, 5.74) is 0. The Bertz CT molecular complexity index is 214. The monoisotopic (exact) mass is 215 g/mol. The molecular weight excluding hydrogens is 198 g/mol. The van der Waals surface area contributed by atoms with E-state index in [0.717, 1.165) is 19.3 Å². The van der Waals surface area contributed by atoms with Gasteiger partial charge in [0.2, 0.25) is 0 Å². The third kappa shape index (κ3) is 2.75. The van der Waals surface area contributed by atoms with E-state index in [1.165, 1.54) is 5.06 Å². The summed E-state index contributed by atoms with van der Waals surface area (Å²) < 4.78 is 0. The fourth-order valence-corrected chi connectivity index (χ4v) is 1.72. The lowest BCUT2D eigenvalue weighted by atomic mass is 10.2. The molecule has 0 radical (unpaired) electrons. The van der Waals surface area contributed by atoms with Crippen LogP contribution in [0.4, 0.5) is 0 Å². The molecule has 1 aliphatic heterocycles. The highest BCUT2D eigenvalue weighted by atomic mass is 32.1. The first-order valence-electron chi connectivity index (χ1n) is 5.21. The summed E-state index contributed by atoms with van der Waals surface area (Å²) in [7, 11) is 0. The third-order valence-corrected chi connectivity index (χ3v) is 2.70. The third-order valence-electron chi connectivity index (χ3n) is 2.33. The van der Waals surface area contributed by atoms with Crippen molar-refractivity contribution in [2.45, 2.75) is 52.1 Å². The molecule has 0 saturated carbocycles. The van der Waals surface area contributed by atoms with E-state index in [2.05, 4.69) is 13.8 Å². The fourth-order valence-electron chi connectivity index (χ4n) is 1.48. The van der Waals surface area contributed by atoms with Crippen LogP contribution in [0.15, 0.2) is 0 Å². The Morgan fingerprint density at radius 1 is 1.50 bits per heavy atom. The van der Waals surface area contributed by atoms with E-state index in [9.17, 15) is 4.79 Å². The first-order valence-corrected chi connectivity index (χ1v) is 5.62. The maximum Gasteiger partial charge on any atom is 0.251 e. The summed E-state index contributed by atoms with van der Waals surface area (Å²) in [6.45, 7) is 4.17. The molecule has 80 valence electrons. The molecule has 0 spiro atoms. The van der Waals surface area contributed by atoms with Gasteiger partial charge < -0.3 is 0 Å². The standard InChI is InChI=1S/C10H17NO2S/c1-3-5-8(4-2)13-11-9(12)6-7-10(11)14/h8H,3-7H2,1-2H3. The molecule has 4 heteroatoms. The number of carbonyl (C=O) groups excluding carboxylic acids is 1. The maximum atomic E-state index is 11.4. The van der Waals surface area contributed by atoms with Crippen molar-refractivity contribution in [3.05, 3.63) is 0 Å². The Morgan fingerprint density at radius 3 is 2.64 bits per heavy atom. The normalized spacial score (nSPS) is 19.1. The number of rotatable bonds is 5. The molecule has 0 bridgehead atoms. The SMILES string of the molecule is CCCC(CC)ON1C(=O)CCC1=S. The quantitative estimate of drug-likeness (QED) is 0.660. The summed E-state index contributed by atoms with van der Waals surface area (Å²) >= 11 is 5.05. The first-order chi connectivity index (χ1) is 6.69. The highest BCUT2D eigenvalue weighted by molar-refractivity contribution is 7.80. The lowest BCUT2D eigenvalue weighted by molar-refractivity contribution is -0.174. The molecular formula is C10H17NO2S. The van der Waals surface area contributed by atoms with Crippen molar-refractivity contribution in [1.82, 2.24) is 5.06 Å². The minimum Gasteiger partial charge on any atom is -0.272 e. The highest BCUT2D eigenvalue weighted by Gasteiger charge is 2.28. The number of hydroxylamine groups is 2. The van der Waals surface area contributed by atoms with Crippen molar-refractivity contribution in [3.63, 3.8) is 0 Å². The van der Waals surface area contributed by atoms with E-state index in [0.29, 0.717) is 17.8 Å². The van der Waals surface area contributed by atoms with Gasteiger partial charge in [0.1, 0.15) is 4.99 Å². The molecule has 0 N–H and O–H groups in total. The van der Waals surface area contributed by atoms with Gasteiger partial charge in [-0.15, -0.1) is 0 Å². The maximum absolute atomic E-state index is 11.4. The Labute approximate surface area is 90.4 Å². The zero-order valence-corrected chi connectivity index (χ0v) is 9.60. The average Bonchev–Trinajstić information content (AvgIpc) is 2.48. The van der Waals surface area contributed by atoms with Gasteiger partial charge in [0, 0.05) is 12.8 Å². The summed E-state index contributed by atoms with van der Waals surface area (Å²) in [5.74, 6) is 0.00422. The summed E-state index contributed by atoms with van der Waals surface area (Å²) in [6, 6.07) is 0. The van der Waals surface area contributed by atoms with Crippen LogP contribution < -0.4 is 0 Å². The molecule has 1 atom stereocenters. The van der Waals surface area contributed by atoms with Gasteiger partial charge in [0.25, 0.3) is 5.91 Å². The molecule has 0 aliphatic carbocycles. The van der Waals surface area contributed by atoms with Gasteiger partial charge in [-0.3, -0.25) is 9.63 Å². The van der Waals surface area contributed by atoms with Crippen LogP contribution in [0.5, 0.6) is 0 Å². The molecule has 1 amide bonds. The van der Waals surface area contributed by atoms with Gasteiger partial charge in [-0.2, -0.15) is 5.06 Å². The molecule has 0 aromatic carbocycles. The second-order valence-electron chi connectivity index (χ2n) is 3.51. The molecule has 1 fully saturated rings. The van der Waals surface area contributed by atoms with Crippen LogP contribution in [0.1, 0.15) is 46.0 Å². The van der Waals surface area contributed by atoms with Crippen LogP contribution in [0.2, 0.25) is 0 Å². The second kappa shape index (κ2) is 5.41. The Morgan fingerprint density at radius 2 is 2.21 bits per heavy atom. The lowest BCUT2D eigenvalue weighted by Crippen LogP contribution is -2.33. The highest BCUT2D eigenvalue weighted by Crippen LogP contribution is 2.18. The smallest absolute Gasteiger partial charge is 0.251 e. The number of thiocarbonyl (C=S) groups is 1. The van der Waals surface area contributed by atoms with Gasteiger partial charge in [-0.25, -0.2) is 0 Å². The topological polar surface area (TPSA) is 29.5 Å². The van der Waals surface area contributed by atoms with E-state index >= 15 is 0 Å². The molecule has 3 nitrogen and oxygen atoms in total. The average molecular weight is 215 g/mol. The van der Waals surface area contributed by atoms with E-state index in [1.54, 1.807) is 0 Å². The largest absolute Gasteiger partial charge is 0.272 e. The Balaban J connectivity index is 2.48. The molecule has 1 rings (SSSR count). The lowest BCUT2D eigenvalue weighted by Gasteiger charge is -2.22.